The molecule has 1 aromatic heterocycles. The Morgan fingerprint density at radius 1 is 1.06 bits per heavy atom. The van der Waals surface area contributed by atoms with E-state index in [0.717, 1.165) is 28.1 Å². The largest absolute Gasteiger partial charge is 0.497 e. The summed E-state index contributed by atoms with van der Waals surface area (Å²) in [6.07, 6.45) is 0. The van der Waals surface area contributed by atoms with Gasteiger partial charge in [-0.1, -0.05) is 64.8 Å². The SMILES string of the molecule is COc1cccc(CSc2nnc(CNC(=O)Nc3ccc(C)cc3C)n2-c2cc(Cl)ccc2Cl)c1. The van der Waals surface area contributed by atoms with Crippen LogP contribution < -0.4 is 15.4 Å². The van der Waals surface area contributed by atoms with Crippen LogP contribution in [-0.2, 0) is 12.3 Å². The zero-order valence-corrected chi connectivity index (χ0v) is 22.3. The fourth-order valence-corrected chi connectivity index (χ4v) is 4.87. The van der Waals surface area contributed by atoms with Crippen LogP contribution in [0.2, 0.25) is 10.0 Å². The van der Waals surface area contributed by atoms with Crippen LogP contribution in [0.4, 0.5) is 10.5 Å². The number of hydrogen-bond acceptors (Lipinski definition) is 5. The molecule has 2 N–H and O–H groups in total. The average molecular weight is 542 g/mol. The lowest BCUT2D eigenvalue weighted by Crippen LogP contribution is -2.29. The molecule has 0 aliphatic heterocycles. The van der Waals surface area contributed by atoms with E-state index in [4.69, 9.17) is 27.9 Å². The quantitative estimate of drug-likeness (QED) is 0.239. The number of amides is 2. The molecule has 0 unspecified atom stereocenters. The van der Waals surface area contributed by atoms with Gasteiger partial charge in [-0.25, -0.2) is 4.79 Å². The van der Waals surface area contributed by atoms with Crippen LogP contribution in [0, 0.1) is 13.8 Å². The van der Waals surface area contributed by atoms with Gasteiger partial charge in [-0.2, -0.15) is 0 Å². The van der Waals surface area contributed by atoms with E-state index >= 15 is 0 Å². The van der Waals surface area contributed by atoms with Gasteiger partial charge in [0.05, 0.1) is 24.4 Å². The summed E-state index contributed by atoms with van der Waals surface area (Å²) >= 11 is 14.3. The maximum Gasteiger partial charge on any atom is 0.319 e. The van der Waals surface area contributed by atoms with E-state index in [2.05, 4.69) is 20.8 Å². The fourth-order valence-electron chi connectivity index (χ4n) is 3.60. The van der Waals surface area contributed by atoms with E-state index in [1.807, 2.05) is 60.9 Å². The Morgan fingerprint density at radius 2 is 1.89 bits per heavy atom. The molecule has 186 valence electrons. The van der Waals surface area contributed by atoms with Crippen LogP contribution in [0.3, 0.4) is 0 Å². The maximum absolute atomic E-state index is 12.6. The number of anilines is 1. The first-order chi connectivity index (χ1) is 17.3. The second kappa shape index (κ2) is 11.7. The maximum atomic E-state index is 12.6. The molecule has 0 radical (unpaired) electrons. The molecule has 0 aliphatic rings. The Bertz CT molecular complexity index is 1390. The standard InChI is InChI=1S/C26H25Cl2N5O2S/c1-16-7-10-22(17(2)11-16)30-25(34)29-14-24-31-32-26(33(24)23-13-19(27)8-9-21(23)28)36-15-18-5-4-6-20(12-18)35-3/h4-13H,14-15H2,1-3H3,(H2,29,30,34). The second-order valence-corrected chi connectivity index (χ2v) is 9.88. The number of thioether (sulfide) groups is 1. The number of benzene rings is 3. The molecule has 4 aromatic rings. The Balaban J connectivity index is 1.56. The lowest BCUT2D eigenvalue weighted by Gasteiger charge is -2.14. The van der Waals surface area contributed by atoms with Gasteiger partial charge < -0.3 is 15.4 Å². The first-order valence-corrected chi connectivity index (χ1v) is 12.9. The zero-order chi connectivity index (χ0) is 25.7. The third-order valence-electron chi connectivity index (χ3n) is 5.39. The Labute approximate surface area is 224 Å². The summed E-state index contributed by atoms with van der Waals surface area (Å²) in [6, 6.07) is 18.5. The molecule has 10 heteroatoms. The van der Waals surface area contributed by atoms with Gasteiger partial charge in [0, 0.05) is 16.5 Å². The Morgan fingerprint density at radius 3 is 2.67 bits per heavy atom. The van der Waals surface area contributed by atoms with Gasteiger partial charge >= 0.3 is 6.03 Å². The molecule has 0 atom stereocenters. The summed E-state index contributed by atoms with van der Waals surface area (Å²) < 4.78 is 7.14. The van der Waals surface area contributed by atoms with E-state index in [9.17, 15) is 4.79 Å². The molecule has 1 heterocycles. The number of aryl methyl sites for hydroxylation is 2. The molecule has 2 amide bonds. The smallest absolute Gasteiger partial charge is 0.319 e. The predicted molar refractivity (Wildman–Crippen MR) is 146 cm³/mol. The molecule has 36 heavy (non-hydrogen) atoms. The highest BCUT2D eigenvalue weighted by Gasteiger charge is 2.18. The van der Waals surface area contributed by atoms with Gasteiger partial charge in [-0.05, 0) is 61.4 Å². The molecule has 3 aromatic carbocycles. The number of ether oxygens (including phenoxy) is 1. The third-order valence-corrected chi connectivity index (χ3v) is 6.94. The van der Waals surface area contributed by atoms with Crippen molar-refractivity contribution in [2.75, 3.05) is 12.4 Å². The van der Waals surface area contributed by atoms with Crippen molar-refractivity contribution in [2.24, 2.45) is 0 Å². The highest BCUT2D eigenvalue weighted by Crippen LogP contribution is 2.31. The van der Waals surface area contributed by atoms with Crippen LogP contribution >= 0.6 is 35.0 Å². The monoisotopic (exact) mass is 541 g/mol. The summed E-state index contributed by atoms with van der Waals surface area (Å²) in [6.45, 7) is 4.09. The number of urea groups is 1. The second-order valence-electron chi connectivity index (χ2n) is 8.10. The molecule has 0 bridgehead atoms. The van der Waals surface area contributed by atoms with Crippen molar-refractivity contribution in [3.8, 4) is 11.4 Å². The number of hydrogen-bond donors (Lipinski definition) is 2. The van der Waals surface area contributed by atoms with E-state index < -0.39 is 0 Å². The van der Waals surface area contributed by atoms with E-state index in [1.165, 1.54) is 11.8 Å². The van der Waals surface area contributed by atoms with E-state index in [0.29, 0.717) is 32.5 Å². The molecule has 0 saturated heterocycles. The average Bonchev–Trinajstić information content (AvgIpc) is 3.27. The first-order valence-electron chi connectivity index (χ1n) is 11.1. The minimum Gasteiger partial charge on any atom is -0.497 e. The minimum absolute atomic E-state index is 0.131. The van der Waals surface area contributed by atoms with Crippen molar-refractivity contribution in [2.45, 2.75) is 31.3 Å². The lowest BCUT2D eigenvalue weighted by atomic mass is 10.1. The van der Waals surface area contributed by atoms with E-state index in [1.54, 1.807) is 25.3 Å². The van der Waals surface area contributed by atoms with Crippen LogP contribution in [0.15, 0.2) is 65.8 Å². The summed E-state index contributed by atoms with van der Waals surface area (Å²) in [5, 5.41) is 16.1. The van der Waals surface area contributed by atoms with Crippen LogP contribution in [0.25, 0.3) is 5.69 Å². The third kappa shape index (κ3) is 6.32. The number of rotatable bonds is 8. The highest BCUT2D eigenvalue weighted by atomic mass is 35.5. The van der Waals surface area contributed by atoms with Crippen molar-refractivity contribution in [1.82, 2.24) is 20.1 Å². The van der Waals surface area contributed by atoms with Crippen LogP contribution in [-0.4, -0.2) is 27.9 Å². The fraction of sp³-hybridized carbons (Fsp3) is 0.192. The summed E-state index contributed by atoms with van der Waals surface area (Å²) in [5.41, 5.74) is 4.55. The van der Waals surface area contributed by atoms with Gasteiger partial charge in [0.25, 0.3) is 0 Å². The number of aromatic nitrogens is 3. The van der Waals surface area contributed by atoms with Gasteiger partial charge in [-0.15, -0.1) is 10.2 Å². The molecular formula is C26H25Cl2N5O2S. The number of halogens is 2. The number of carbonyl (C=O) groups excluding carboxylic acids is 1. The number of methoxy groups -OCH3 is 1. The van der Waals surface area contributed by atoms with Gasteiger partial charge in [0.15, 0.2) is 11.0 Å². The van der Waals surface area contributed by atoms with Crippen LogP contribution in [0.1, 0.15) is 22.5 Å². The molecular weight excluding hydrogens is 517 g/mol. The molecule has 0 spiro atoms. The topological polar surface area (TPSA) is 81.1 Å². The molecule has 7 nitrogen and oxygen atoms in total. The molecule has 0 aliphatic carbocycles. The van der Waals surface area contributed by atoms with Crippen molar-refractivity contribution in [3.63, 3.8) is 0 Å². The van der Waals surface area contributed by atoms with Gasteiger partial charge in [-0.3, -0.25) is 4.57 Å². The molecule has 0 saturated carbocycles. The summed E-state index contributed by atoms with van der Waals surface area (Å²) in [7, 11) is 1.64. The number of nitrogens with zero attached hydrogens (tertiary/aromatic N) is 3. The van der Waals surface area contributed by atoms with Crippen molar-refractivity contribution in [1.29, 1.82) is 0 Å². The van der Waals surface area contributed by atoms with Crippen molar-refractivity contribution in [3.05, 3.63) is 93.2 Å². The molecule has 0 fully saturated rings. The van der Waals surface area contributed by atoms with Crippen LogP contribution in [0.5, 0.6) is 5.75 Å². The highest BCUT2D eigenvalue weighted by molar-refractivity contribution is 7.98. The number of nitrogens with one attached hydrogen (secondary N) is 2. The Hall–Kier alpha value is -3.20. The number of carbonyl (C=O) groups is 1. The predicted octanol–water partition coefficient (Wildman–Crippen LogP) is 6.81. The van der Waals surface area contributed by atoms with Gasteiger partial charge in [0.1, 0.15) is 5.75 Å². The molecule has 4 rings (SSSR count). The summed E-state index contributed by atoms with van der Waals surface area (Å²) in [4.78, 5) is 12.6. The Kier molecular flexibility index (Phi) is 8.40. The van der Waals surface area contributed by atoms with Crippen molar-refractivity contribution < 1.29 is 9.53 Å². The first kappa shape index (κ1) is 25.9. The zero-order valence-electron chi connectivity index (χ0n) is 20.0. The summed E-state index contributed by atoms with van der Waals surface area (Å²) in [5.74, 6) is 1.93. The van der Waals surface area contributed by atoms with E-state index in [-0.39, 0.29) is 12.6 Å². The lowest BCUT2D eigenvalue weighted by molar-refractivity contribution is 0.251. The van der Waals surface area contributed by atoms with Crippen molar-refractivity contribution >= 4 is 46.7 Å². The van der Waals surface area contributed by atoms with Gasteiger partial charge in [0.2, 0.25) is 0 Å². The normalized spacial score (nSPS) is 10.8. The minimum atomic E-state index is -0.348.